The molecule has 94 valence electrons. The van der Waals surface area contributed by atoms with Gasteiger partial charge >= 0.3 is 5.97 Å². The number of ether oxygens (including phenoxy) is 2. The first-order valence-corrected chi connectivity index (χ1v) is 5.69. The summed E-state index contributed by atoms with van der Waals surface area (Å²) >= 11 is 0. The van der Waals surface area contributed by atoms with Gasteiger partial charge in [-0.2, -0.15) is 0 Å². The van der Waals surface area contributed by atoms with Crippen molar-refractivity contribution in [3.8, 4) is 0 Å². The highest BCUT2D eigenvalue weighted by Crippen LogP contribution is 2.16. The lowest BCUT2D eigenvalue weighted by Crippen LogP contribution is -2.54. The van der Waals surface area contributed by atoms with Gasteiger partial charge in [0.2, 0.25) is 0 Å². The van der Waals surface area contributed by atoms with Gasteiger partial charge < -0.3 is 14.6 Å². The van der Waals surface area contributed by atoms with Gasteiger partial charge in [-0.05, 0) is 13.3 Å². The van der Waals surface area contributed by atoms with Crippen LogP contribution in [0.25, 0.3) is 0 Å². The molecule has 1 saturated heterocycles. The van der Waals surface area contributed by atoms with Crippen LogP contribution in [0.4, 0.5) is 0 Å². The third-order valence-corrected chi connectivity index (χ3v) is 2.82. The minimum absolute atomic E-state index is 0.0258. The molecule has 0 aromatic heterocycles. The Morgan fingerprint density at radius 3 is 2.81 bits per heavy atom. The lowest BCUT2D eigenvalue weighted by atomic mass is 10.1. The number of nitrogens with zero attached hydrogens (tertiary/aromatic N) is 1. The van der Waals surface area contributed by atoms with Crippen LogP contribution in [0.1, 0.15) is 20.3 Å². The highest BCUT2D eigenvalue weighted by atomic mass is 16.5. The molecule has 0 aromatic carbocycles. The van der Waals surface area contributed by atoms with Gasteiger partial charge in [0.05, 0.1) is 18.8 Å². The summed E-state index contributed by atoms with van der Waals surface area (Å²) in [6, 6.07) is -0.411. The summed E-state index contributed by atoms with van der Waals surface area (Å²) in [7, 11) is 1.63. The Balaban J connectivity index is 2.61. The molecule has 0 aliphatic carbocycles. The lowest BCUT2D eigenvalue weighted by Gasteiger charge is -2.39. The maximum Gasteiger partial charge on any atom is 0.320 e. The Hall–Kier alpha value is -0.650. The number of hydrogen-bond donors (Lipinski definition) is 1. The number of hydrogen-bond acceptors (Lipinski definition) is 4. The molecular formula is C11H21NO4. The van der Waals surface area contributed by atoms with Crippen molar-refractivity contribution in [1.82, 2.24) is 4.90 Å². The van der Waals surface area contributed by atoms with Crippen molar-refractivity contribution in [2.24, 2.45) is 0 Å². The molecule has 1 heterocycles. The first kappa shape index (κ1) is 13.4. The molecule has 1 N–H and O–H groups in total. The second kappa shape index (κ2) is 6.18. The molecule has 0 amide bonds. The largest absolute Gasteiger partial charge is 0.480 e. The fourth-order valence-electron chi connectivity index (χ4n) is 2.20. The van der Waals surface area contributed by atoms with Crippen molar-refractivity contribution >= 4 is 5.97 Å². The molecule has 5 nitrogen and oxygen atoms in total. The molecule has 1 fully saturated rings. The Labute approximate surface area is 96.3 Å². The SMILES string of the molecule is CCC(C(=O)O)N1CC(C)OC(COC)C1. The zero-order chi connectivity index (χ0) is 12.1. The van der Waals surface area contributed by atoms with E-state index in [1.54, 1.807) is 7.11 Å². The van der Waals surface area contributed by atoms with Crippen LogP contribution >= 0.6 is 0 Å². The van der Waals surface area contributed by atoms with E-state index in [0.717, 1.165) is 0 Å². The summed E-state index contributed by atoms with van der Waals surface area (Å²) in [6.45, 7) is 5.67. The van der Waals surface area contributed by atoms with E-state index in [9.17, 15) is 4.79 Å². The second-order valence-corrected chi connectivity index (χ2v) is 4.24. The van der Waals surface area contributed by atoms with Crippen molar-refractivity contribution < 1.29 is 19.4 Å². The van der Waals surface area contributed by atoms with Gasteiger partial charge in [-0.25, -0.2) is 0 Å². The maximum absolute atomic E-state index is 11.1. The Morgan fingerprint density at radius 2 is 2.31 bits per heavy atom. The molecule has 1 aliphatic rings. The predicted octanol–water partition coefficient (Wildman–Crippen LogP) is 0.585. The minimum Gasteiger partial charge on any atom is -0.480 e. The molecule has 1 aliphatic heterocycles. The van der Waals surface area contributed by atoms with Crippen molar-refractivity contribution in [2.75, 3.05) is 26.8 Å². The summed E-state index contributed by atoms with van der Waals surface area (Å²) < 4.78 is 10.7. The van der Waals surface area contributed by atoms with Gasteiger partial charge in [-0.15, -0.1) is 0 Å². The highest BCUT2D eigenvalue weighted by Gasteiger charge is 2.32. The molecular weight excluding hydrogens is 210 g/mol. The van der Waals surface area contributed by atoms with Gasteiger partial charge in [-0.3, -0.25) is 9.69 Å². The number of methoxy groups -OCH3 is 1. The van der Waals surface area contributed by atoms with Crippen molar-refractivity contribution in [3.63, 3.8) is 0 Å². The van der Waals surface area contributed by atoms with Crippen LogP contribution in [-0.4, -0.2) is 61.0 Å². The van der Waals surface area contributed by atoms with E-state index < -0.39 is 12.0 Å². The lowest BCUT2D eigenvalue weighted by molar-refractivity contribution is -0.152. The predicted molar refractivity (Wildman–Crippen MR) is 59.5 cm³/mol. The number of morpholine rings is 1. The summed E-state index contributed by atoms with van der Waals surface area (Å²) in [5, 5.41) is 9.11. The number of aliphatic carboxylic acids is 1. The van der Waals surface area contributed by atoms with Crippen molar-refractivity contribution in [3.05, 3.63) is 0 Å². The Bertz CT molecular complexity index is 234. The molecule has 0 radical (unpaired) electrons. The fraction of sp³-hybridized carbons (Fsp3) is 0.909. The summed E-state index contributed by atoms with van der Waals surface area (Å²) in [5.74, 6) is -0.757. The van der Waals surface area contributed by atoms with Crippen LogP contribution in [0.15, 0.2) is 0 Å². The molecule has 5 heteroatoms. The van der Waals surface area contributed by atoms with Crippen LogP contribution in [0.3, 0.4) is 0 Å². The molecule has 3 atom stereocenters. The molecule has 0 bridgehead atoms. The summed E-state index contributed by atoms with van der Waals surface area (Å²) in [6.07, 6.45) is 0.645. The zero-order valence-corrected chi connectivity index (χ0v) is 10.2. The number of carbonyl (C=O) groups is 1. The third kappa shape index (κ3) is 3.43. The van der Waals surface area contributed by atoms with E-state index >= 15 is 0 Å². The first-order valence-electron chi connectivity index (χ1n) is 5.69. The second-order valence-electron chi connectivity index (χ2n) is 4.24. The Morgan fingerprint density at radius 1 is 1.62 bits per heavy atom. The zero-order valence-electron chi connectivity index (χ0n) is 10.2. The van der Waals surface area contributed by atoms with Gasteiger partial charge in [0.1, 0.15) is 6.04 Å². The van der Waals surface area contributed by atoms with E-state index in [2.05, 4.69) is 0 Å². The van der Waals surface area contributed by atoms with E-state index in [-0.39, 0.29) is 12.2 Å². The first-order chi connectivity index (χ1) is 7.58. The standard InChI is InChI=1S/C11H21NO4/c1-4-10(11(13)14)12-5-8(2)16-9(6-12)7-15-3/h8-10H,4-7H2,1-3H3,(H,13,14). The average molecular weight is 231 g/mol. The topological polar surface area (TPSA) is 59.0 Å². The maximum atomic E-state index is 11.1. The van der Waals surface area contributed by atoms with Gasteiger partial charge in [0, 0.05) is 20.2 Å². The van der Waals surface area contributed by atoms with Crippen molar-refractivity contribution in [1.29, 1.82) is 0 Å². The van der Waals surface area contributed by atoms with Crippen LogP contribution in [0.2, 0.25) is 0 Å². The third-order valence-electron chi connectivity index (χ3n) is 2.82. The van der Waals surface area contributed by atoms with Crippen LogP contribution in [-0.2, 0) is 14.3 Å². The van der Waals surface area contributed by atoms with Crippen LogP contribution in [0.5, 0.6) is 0 Å². The van der Waals surface area contributed by atoms with Gasteiger partial charge in [-0.1, -0.05) is 6.92 Å². The van der Waals surface area contributed by atoms with E-state index in [4.69, 9.17) is 14.6 Å². The number of carboxylic acid groups (broad SMARTS) is 1. The molecule has 16 heavy (non-hydrogen) atoms. The highest BCUT2D eigenvalue weighted by molar-refractivity contribution is 5.73. The monoisotopic (exact) mass is 231 g/mol. The van der Waals surface area contributed by atoms with E-state index in [0.29, 0.717) is 26.1 Å². The molecule has 0 saturated carbocycles. The fourth-order valence-corrected chi connectivity index (χ4v) is 2.20. The Kier molecular flexibility index (Phi) is 5.18. The summed E-state index contributed by atoms with van der Waals surface area (Å²) in [5.41, 5.74) is 0. The van der Waals surface area contributed by atoms with Gasteiger partial charge in [0.15, 0.2) is 0 Å². The molecule has 1 rings (SSSR count). The average Bonchev–Trinajstić information content (AvgIpc) is 2.17. The molecule has 0 aromatic rings. The van der Waals surface area contributed by atoms with Crippen molar-refractivity contribution in [2.45, 2.75) is 38.5 Å². The molecule has 3 unspecified atom stereocenters. The summed E-state index contributed by atoms with van der Waals surface area (Å²) in [4.78, 5) is 13.1. The van der Waals surface area contributed by atoms with Crippen LogP contribution in [0, 0.1) is 0 Å². The normalized spacial score (nSPS) is 28.9. The smallest absolute Gasteiger partial charge is 0.320 e. The minimum atomic E-state index is -0.757. The van der Waals surface area contributed by atoms with E-state index in [1.165, 1.54) is 0 Å². The van der Waals surface area contributed by atoms with E-state index in [1.807, 2.05) is 18.7 Å². The number of carboxylic acids is 1. The molecule has 0 spiro atoms. The van der Waals surface area contributed by atoms with Crippen LogP contribution < -0.4 is 0 Å². The quantitative estimate of drug-likeness (QED) is 0.750. The van der Waals surface area contributed by atoms with Gasteiger partial charge in [0.25, 0.3) is 0 Å². The number of rotatable bonds is 5.